The first-order chi connectivity index (χ1) is 14.0. The Labute approximate surface area is 169 Å². The molecule has 1 aromatic heterocycles. The minimum absolute atomic E-state index is 0.425. The van der Waals surface area contributed by atoms with Gasteiger partial charge in [-0.05, 0) is 0 Å². The summed E-state index contributed by atoms with van der Waals surface area (Å²) in [6, 6.07) is 4.71. The number of methoxy groups -OCH3 is 2. The minimum atomic E-state index is -0.425. The molecule has 0 unspecified atom stereocenters. The van der Waals surface area contributed by atoms with Crippen LogP contribution in [0.5, 0.6) is 11.5 Å². The molecule has 0 atom stereocenters. The summed E-state index contributed by atoms with van der Waals surface area (Å²) in [6.45, 7) is 2.76. The van der Waals surface area contributed by atoms with Crippen LogP contribution in [0.25, 0.3) is 0 Å². The van der Waals surface area contributed by atoms with E-state index in [0.717, 1.165) is 13.1 Å². The number of carbonyl (C=O) groups is 1. The van der Waals surface area contributed by atoms with Crippen LogP contribution < -0.4 is 29.9 Å². The number of amides is 2. The lowest BCUT2D eigenvalue weighted by atomic mass is 10.3. The Hall–Kier alpha value is -3.27. The van der Waals surface area contributed by atoms with Gasteiger partial charge in [0.25, 0.3) is 0 Å². The number of nitrogens with zero attached hydrogens (tertiary/aromatic N) is 4. The molecule has 2 heterocycles. The highest BCUT2D eigenvalue weighted by Crippen LogP contribution is 2.27. The lowest BCUT2D eigenvalue weighted by molar-refractivity contribution is 0.122. The van der Waals surface area contributed by atoms with Crippen LogP contribution in [-0.4, -0.2) is 70.6 Å². The Morgan fingerprint density at radius 1 is 1.10 bits per heavy atom. The molecule has 0 spiro atoms. The lowest BCUT2D eigenvalue weighted by Gasteiger charge is -2.28. The van der Waals surface area contributed by atoms with E-state index in [2.05, 4.69) is 25.5 Å². The number of carbonyl (C=O) groups excluding carboxylic acids is 1. The zero-order chi connectivity index (χ0) is 20.8. The number of anilines is 4. The molecule has 1 saturated heterocycles. The van der Waals surface area contributed by atoms with E-state index in [9.17, 15) is 4.79 Å². The van der Waals surface area contributed by atoms with Gasteiger partial charge in [-0.3, -0.25) is 0 Å². The van der Waals surface area contributed by atoms with Crippen LogP contribution in [-0.2, 0) is 4.74 Å². The van der Waals surface area contributed by atoms with Gasteiger partial charge >= 0.3 is 6.03 Å². The van der Waals surface area contributed by atoms with Crippen LogP contribution in [0.3, 0.4) is 0 Å². The predicted molar refractivity (Wildman–Crippen MR) is 112 cm³/mol. The molecule has 2 N–H and O–H groups in total. The second-order valence-corrected chi connectivity index (χ2v) is 6.58. The summed E-state index contributed by atoms with van der Waals surface area (Å²) in [4.78, 5) is 25.4. The molecule has 156 valence electrons. The van der Waals surface area contributed by atoms with Gasteiger partial charge < -0.3 is 34.6 Å². The van der Waals surface area contributed by atoms with E-state index in [4.69, 9.17) is 14.2 Å². The molecule has 1 fully saturated rings. The van der Waals surface area contributed by atoms with E-state index in [1.807, 2.05) is 19.0 Å². The molecule has 1 aliphatic rings. The molecule has 1 aromatic carbocycles. The Balaban J connectivity index is 1.75. The molecule has 2 amide bonds. The second-order valence-electron chi connectivity index (χ2n) is 6.58. The predicted octanol–water partition coefficient (Wildman–Crippen LogP) is 2.04. The van der Waals surface area contributed by atoms with E-state index in [1.165, 1.54) is 0 Å². The van der Waals surface area contributed by atoms with Crippen molar-refractivity contribution in [1.29, 1.82) is 0 Å². The van der Waals surface area contributed by atoms with E-state index >= 15 is 0 Å². The van der Waals surface area contributed by atoms with Crippen molar-refractivity contribution in [2.45, 2.75) is 0 Å². The first-order valence-electron chi connectivity index (χ1n) is 9.18. The smallest absolute Gasteiger partial charge is 0.323 e. The maximum absolute atomic E-state index is 12.5. The number of ether oxygens (including phenoxy) is 3. The number of urea groups is 1. The van der Waals surface area contributed by atoms with E-state index in [1.54, 1.807) is 38.6 Å². The summed E-state index contributed by atoms with van der Waals surface area (Å²) >= 11 is 0. The third-order valence-electron chi connectivity index (χ3n) is 4.33. The third-order valence-corrected chi connectivity index (χ3v) is 4.33. The van der Waals surface area contributed by atoms with Gasteiger partial charge in [-0.15, -0.1) is 0 Å². The number of aromatic nitrogens is 2. The molecular weight excluding hydrogens is 376 g/mol. The largest absolute Gasteiger partial charge is 0.497 e. The zero-order valence-electron chi connectivity index (χ0n) is 17.1. The van der Waals surface area contributed by atoms with Gasteiger partial charge in [0.05, 0.1) is 33.6 Å². The standard InChI is InChI=1S/C19H26N6O4/c1-24(2)17-16(12-20-18(23-17)25-5-7-29-8-6-25)22-19(26)21-13-9-14(27-3)11-15(10-13)28-4/h9-12H,5-8H2,1-4H3,(H2,21,22,26). The number of morpholine rings is 1. The Bertz CT molecular complexity index is 832. The fraction of sp³-hybridized carbons (Fsp3) is 0.421. The average Bonchev–Trinajstić information content (AvgIpc) is 2.74. The maximum atomic E-state index is 12.5. The molecular formula is C19H26N6O4. The van der Waals surface area contributed by atoms with Gasteiger partial charge in [0, 0.05) is 51.1 Å². The molecule has 0 radical (unpaired) electrons. The molecule has 3 rings (SSSR count). The number of rotatable bonds is 6. The Morgan fingerprint density at radius 2 is 1.76 bits per heavy atom. The maximum Gasteiger partial charge on any atom is 0.323 e. The first kappa shape index (κ1) is 20.5. The summed E-state index contributed by atoms with van der Waals surface area (Å²) in [5.41, 5.74) is 1.04. The molecule has 0 bridgehead atoms. The molecule has 0 aliphatic carbocycles. The second kappa shape index (κ2) is 9.28. The van der Waals surface area contributed by atoms with Crippen molar-refractivity contribution in [1.82, 2.24) is 9.97 Å². The van der Waals surface area contributed by atoms with Crippen molar-refractivity contribution in [3.8, 4) is 11.5 Å². The first-order valence-corrected chi connectivity index (χ1v) is 9.18. The highest BCUT2D eigenvalue weighted by atomic mass is 16.5. The van der Waals surface area contributed by atoms with Gasteiger partial charge in [-0.25, -0.2) is 9.78 Å². The summed E-state index contributed by atoms with van der Waals surface area (Å²) in [5, 5.41) is 5.58. The number of benzene rings is 1. The average molecular weight is 402 g/mol. The molecule has 2 aromatic rings. The zero-order valence-corrected chi connectivity index (χ0v) is 17.1. The molecule has 1 aliphatic heterocycles. The number of nitrogens with one attached hydrogen (secondary N) is 2. The Kier molecular flexibility index (Phi) is 6.55. The van der Waals surface area contributed by atoms with Gasteiger partial charge in [0.2, 0.25) is 5.95 Å². The van der Waals surface area contributed by atoms with Crippen LogP contribution in [0.15, 0.2) is 24.4 Å². The van der Waals surface area contributed by atoms with E-state index in [0.29, 0.717) is 47.9 Å². The van der Waals surface area contributed by atoms with Crippen molar-refractivity contribution in [3.63, 3.8) is 0 Å². The van der Waals surface area contributed by atoms with Crippen molar-refractivity contribution >= 4 is 29.2 Å². The molecule has 10 nitrogen and oxygen atoms in total. The topological polar surface area (TPSA) is 101 Å². The summed E-state index contributed by atoms with van der Waals surface area (Å²) in [5.74, 6) is 2.37. The van der Waals surface area contributed by atoms with Crippen LogP contribution in [0.4, 0.5) is 27.9 Å². The monoisotopic (exact) mass is 402 g/mol. The lowest BCUT2D eigenvalue weighted by Crippen LogP contribution is -2.37. The van der Waals surface area contributed by atoms with E-state index in [-0.39, 0.29) is 0 Å². The van der Waals surface area contributed by atoms with Crippen molar-refractivity contribution in [2.24, 2.45) is 0 Å². The van der Waals surface area contributed by atoms with Crippen molar-refractivity contribution < 1.29 is 19.0 Å². The van der Waals surface area contributed by atoms with Crippen LogP contribution in [0, 0.1) is 0 Å². The molecule has 10 heteroatoms. The van der Waals surface area contributed by atoms with Crippen LogP contribution in [0.2, 0.25) is 0 Å². The fourth-order valence-corrected chi connectivity index (χ4v) is 2.87. The van der Waals surface area contributed by atoms with Crippen LogP contribution >= 0.6 is 0 Å². The summed E-state index contributed by atoms with van der Waals surface area (Å²) < 4.78 is 15.8. The van der Waals surface area contributed by atoms with E-state index < -0.39 is 6.03 Å². The molecule has 0 saturated carbocycles. The third kappa shape index (κ3) is 5.17. The quantitative estimate of drug-likeness (QED) is 0.757. The normalized spacial score (nSPS) is 13.6. The van der Waals surface area contributed by atoms with Crippen molar-refractivity contribution in [2.75, 3.05) is 75.1 Å². The summed E-state index contributed by atoms with van der Waals surface area (Å²) in [7, 11) is 6.83. The minimum Gasteiger partial charge on any atom is -0.497 e. The highest BCUT2D eigenvalue weighted by Gasteiger charge is 2.18. The van der Waals surface area contributed by atoms with Crippen molar-refractivity contribution in [3.05, 3.63) is 24.4 Å². The van der Waals surface area contributed by atoms with Gasteiger partial charge in [0.1, 0.15) is 17.2 Å². The SMILES string of the molecule is COc1cc(NC(=O)Nc2cnc(N3CCOCC3)nc2N(C)C)cc(OC)c1. The molecule has 29 heavy (non-hydrogen) atoms. The fourth-order valence-electron chi connectivity index (χ4n) is 2.87. The summed E-state index contributed by atoms with van der Waals surface area (Å²) in [6.07, 6.45) is 1.61. The van der Waals surface area contributed by atoms with Gasteiger partial charge in [-0.2, -0.15) is 4.98 Å². The highest BCUT2D eigenvalue weighted by molar-refractivity contribution is 6.01. The number of hydrogen-bond acceptors (Lipinski definition) is 8. The van der Waals surface area contributed by atoms with Gasteiger partial charge in [-0.1, -0.05) is 0 Å². The van der Waals surface area contributed by atoms with Gasteiger partial charge in [0.15, 0.2) is 5.82 Å². The number of hydrogen-bond donors (Lipinski definition) is 2. The van der Waals surface area contributed by atoms with Crippen LogP contribution in [0.1, 0.15) is 0 Å². The Morgan fingerprint density at radius 3 is 2.34 bits per heavy atom.